The van der Waals surface area contributed by atoms with E-state index in [9.17, 15) is 13.2 Å². The number of carbonyl (C=O) groups excluding carboxylic acids is 1. The van der Waals surface area contributed by atoms with Gasteiger partial charge in [0.25, 0.3) is 10.0 Å². The lowest BCUT2D eigenvalue weighted by Crippen LogP contribution is -3.14. The van der Waals surface area contributed by atoms with Gasteiger partial charge in [-0.2, -0.15) is 0 Å². The Bertz CT molecular complexity index is 970. The molecule has 0 aromatic heterocycles. The van der Waals surface area contributed by atoms with Gasteiger partial charge in [0.1, 0.15) is 0 Å². The van der Waals surface area contributed by atoms with Crippen LogP contribution in [0.1, 0.15) is 24.2 Å². The van der Waals surface area contributed by atoms with Gasteiger partial charge in [0.15, 0.2) is 5.78 Å². The third kappa shape index (κ3) is 4.66. The predicted molar refractivity (Wildman–Crippen MR) is 112 cm³/mol. The highest BCUT2D eigenvalue weighted by atomic mass is 35.5. The molecule has 0 saturated carbocycles. The second-order valence-corrected chi connectivity index (χ2v) is 9.06. The molecule has 0 aliphatic carbocycles. The number of quaternary nitrogens is 1. The van der Waals surface area contributed by atoms with Gasteiger partial charge in [0, 0.05) is 10.6 Å². The van der Waals surface area contributed by atoms with Crippen LogP contribution in [0, 0.1) is 0 Å². The zero-order valence-electron chi connectivity index (χ0n) is 16.0. The molecule has 2 aromatic carbocycles. The van der Waals surface area contributed by atoms with Gasteiger partial charge in [-0.3, -0.25) is 9.52 Å². The quantitative estimate of drug-likeness (QED) is 0.699. The molecular formula is C20H25ClN3O3S+. The van der Waals surface area contributed by atoms with Crippen molar-refractivity contribution >= 4 is 38.8 Å². The molecule has 6 nitrogen and oxygen atoms in total. The van der Waals surface area contributed by atoms with Crippen molar-refractivity contribution in [2.24, 2.45) is 0 Å². The number of Topliss-reactive ketones (excluding diaryl/α,β-unsaturated/α-hetero) is 1. The topological polar surface area (TPSA) is 70.9 Å². The molecule has 2 N–H and O–H groups in total. The first-order valence-electron chi connectivity index (χ1n) is 9.32. The molecular weight excluding hydrogens is 398 g/mol. The van der Waals surface area contributed by atoms with Crippen molar-refractivity contribution in [1.82, 2.24) is 0 Å². The number of nitrogens with zero attached hydrogens (tertiary/aromatic N) is 1. The number of sulfonamides is 1. The fourth-order valence-corrected chi connectivity index (χ4v) is 4.65. The summed E-state index contributed by atoms with van der Waals surface area (Å²) in [6.45, 7) is 8.37. The molecule has 2 aromatic rings. The molecule has 0 spiro atoms. The number of likely N-dealkylation sites (N-methyl/N-ethyl adjacent to an activating group) is 1. The van der Waals surface area contributed by atoms with Crippen LogP contribution in [0.3, 0.4) is 0 Å². The number of halogens is 1. The maximum absolute atomic E-state index is 12.9. The van der Waals surface area contributed by atoms with E-state index in [0.717, 1.165) is 38.4 Å². The number of hydrogen-bond acceptors (Lipinski definition) is 4. The predicted octanol–water partition coefficient (Wildman–Crippen LogP) is 2.07. The first-order chi connectivity index (χ1) is 13.3. The fourth-order valence-electron chi connectivity index (χ4n) is 3.37. The van der Waals surface area contributed by atoms with Gasteiger partial charge >= 0.3 is 0 Å². The third-order valence-corrected chi connectivity index (χ3v) is 6.66. The molecule has 1 saturated heterocycles. The molecule has 0 atom stereocenters. The summed E-state index contributed by atoms with van der Waals surface area (Å²) in [5.41, 5.74) is 1.61. The lowest BCUT2D eigenvalue weighted by Gasteiger charge is -2.34. The van der Waals surface area contributed by atoms with Crippen molar-refractivity contribution in [1.29, 1.82) is 0 Å². The van der Waals surface area contributed by atoms with Crippen LogP contribution in [0.25, 0.3) is 0 Å². The molecule has 0 bridgehead atoms. The van der Waals surface area contributed by atoms with Gasteiger partial charge in [-0.25, -0.2) is 8.42 Å². The molecule has 0 unspecified atom stereocenters. The lowest BCUT2D eigenvalue weighted by atomic mass is 10.2. The van der Waals surface area contributed by atoms with Crippen molar-refractivity contribution in [3.05, 3.63) is 53.1 Å². The normalized spacial score (nSPS) is 15.5. The first-order valence-corrected chi connectivity index (χ1v) is 11.2. The Hall–Kier alpha value is -2.09. The van der Waals surface area contributed by atoms with E-state index in [4.69, 9.17) is 11.6 Å². The van der Waals surface area contributed by atoms with Crippen LogP contribution in [-0.2, 0) is 10.0 Å². The second-order valence-electron chi connectivity index (χ2n) is 6.94. The van der Waals surface area contributed by atoms with Crippen molar-refractivity contribution in [3.63, 3.8) is 0 Å². The van der Waals surface area contributed by atoms with Crippen LogP contribution in [-0.4, -0.2) is 46.9 Å². The Balaban J connectivity index is 1.90. The highest BCUT2D eigenvalue weighted by Gasteiger charge is 2.23. The molecule has 0 radical (unpaired) electrons. The second kappa shape index (κ2) is 8.51. The van der Waals surface area contributed by atoms with Gasteiger partial charge in [0.2, 0.25) is 0 Å². The minimum atomic E-state index is -3.86. The van der Waals surface area contributed by atoms with Gasteiger partial charge in [-0.05, 0) is 44.2 Å². The fraction of sp³-hybridized carbons (Fsp3) is 0.350. The summed E-state index contributed by atoms with van der Waals surface area (Å²) < 4.78 is 28.5. The molecule has 1 aliphatic rings. The number of rotatable bonds is 6. The Morgan fingerprint density at radius 2 is 1.89 bits per heavy atom. The highest BCUT2D eigenvalue weighted by Crippen LogP contribution is 2.31. The number of hydrogen-bond donors (Lipinski definition) is 2. The SMILES string of the molecule is CC[NH+]1CCN(c2ccc(Cl)cc2NS(=O)(=O)c2cccc(C(C)=O)c2)CC1. The Morgan fingerprint density at radius 1 is 1.18 bits per heavy atom. The van der Waals surface area contributed by atoms with Crippen LogP contribution in [0.5, 0.6) is 0 Å². The Labute approximate surface area is 171 Å². The molecule has 150 valence electrons. The van der Waals surface area contributed by atoms with Gasteiger partial charge in [-0.15, -0.1) is 0 Å². The van der Waals surface area contributed by atoms with E-state index in [2.05, 4.69) is 16.5 Å². The molecule has 28 heavy (non-hydrogen) atoms. The molecule has 1 fully saturated rings. The Morgan fingerprint density at radius 3 is 2.54 bits per heavy atom. The van der Waals surface area contributed by atoms with Crippen LogP contribution >= 0.6 is 11.6 Å². The van der Waals surface area contributed by atoms with Crippen molar-refractivity contribution < 1.29 is 18.1 Å². The van der Waals surface area contributed by atoms with E-state index >= 15 is 0 Å². The Kier molecular flexibility index (Phi) is 6.27. The summed E-state index contributed by atoms with van der Waals surface area (Å²) in [6.07, 6.45) is 0. The average molecular weight is 423 g/mol. The maximum Gasteiger partial charge on any atom is 0.261 e. The zero-order chi connectivity index (χ0) is 20.3. The van der Waals surface area contributed by atoms with Crippen LogP contribution in [0.2, 0.25) is 5.02 Å². The van der Waals surface area contributed by atoms with E-state index in [-0.39, 0.29) is 10.7 Å². The van der Waals surface area contributed by atoms with Crippen molar-refractivity contribution in [3.8, 4) is 0 Å². The van der Waals surface area contributed by atoms with Gasteiger partial charge < -0.3 is 9.80 Å². The van der Waals surface area contributed by atoms with Crippen molar-refractivity contribution in [2.75, 3.05) is 42.3 Å². The summed E-state index contributed by atoms with van der Waals surface area (Å²) in [6, 6.07) is 11.3. The monoisotopic (exact) mass is 422 g/mol. The molecule has 1 aliphatic heterocycles. The summed E-state index contributed by atoms with van der Waals surface area (Å²) in [5, 5.41) is 0.455. The maximum atomic E-state index is 12.9. The van der Waals surface area contributed by atoms with E-state index in [1.54, 1.807) is 24.3 Å². The highest BCUT2D eigenvalue weighted by molar-refractivity contribution is 7.92. The number of anilines is 2. The van der Waals surface area contributed by atoms with E-state index in [0.29, 0.717) is 16.3 Å². The van der Waals surface area contributed by atoms with Crippen LogP contribution in [0.4, 0.5) is 11.4 Å². The largest absolute Gasteiger partial charge is 0.359 e. The standard InChI is InChI=1S/C20H24ClN3O3S/c1-3-23-9-11-24(12-10-23)20-8-7-17(21)14-19(20)22-28(26,27)18-6-4-5-16(13-18)15(2)25/h4-8,13-14,22H,3,9-12H2,1-2H3/p+1. The molecule has 8 heteroatoms. The lowest BCUT2D eigenvalue weighted by molar-refractivity contribution is -0.898. The number of benzene rings is 2. The van der Waals surface area contributed by atoms with E-state index in [1.165, 1.54) is 24.0 Å². The smallest absolute Gasteiger partial charge is 0.261 e. The van der Waals surface area contributed by atoms with Gasteiger partial charge in [0.05, 0.1) is 49.0 Å². The molecule has 0 amide bonds. The minimum absolute atomic E-state index is 0.0476. The average Bonchev–Trinajstić information content (AvgIpc) is 2.68. The first kappa shape index (κ1) is 20.6. The van der Waals surface area contributed by atoms with Crippen LogP contribution in [0.15, 0.2) is 47.4 Å². The number of nitrogens with one attached hydrogen (secondary N) is 2. The zero-order valence-corrected chi connectivity index (χ0v) is 17.6. The summed E-state index contributed by atoms with van der Waals surface area (Å²) in [4.78, 5) is 15.4. The van der Waals surface area contributed by atoms with Crippen LogP contribution < -0.4 is 14.5 Å². The number of ketones is 1. The molecule has 1 heterocycles. The third-order valence-electron chi connectivity index (χ3n) is 5.07. The van der Waals surface area contributed by atoms with E-state index < -0.39 is 10.0 Å². The summed E-state index contributed by atoms with van der Waals surface area (Å²) >= 11 is 6.14. The summed E-state index contributed by atoms with van der Waals surface area (Å²) in [7, 11) is -3.86. The van der Waals surface area contributed by atoms with Crippen molar-refractivity contribution in [2.45, 2.75) is 18.7 Å². The number of piperazine rings is 1. The van der Waals surface area contributed by atoms with Gasteiger partial charge in [-0.1, -0.05) is 23.7 Å². The molecule has 3 rings (SSSR count). The van der Waals surface area contributed by atoms with E-state index in [1.807, 2.05) is 6.07 Å². The number of carbonyl (C=O) groups is 1. The minimum Gasteiger partial charge on any atom is -0.359 e. The summed E-state index contributed by atoms with van der Waals surface area (Å²) in [5.74, 6) is -0.184.